The first-order valence-electron chi connectivity index (χ1n) is 7.87. The molecule has 3 N–H and O–H groups in total. The van der Waals surface area contributed by atoms with Crippen molar-refractivity contribution in [1.29, 1.82) is 0 Å². The van der Waals surface area contributed by atoms with Gasteiger partial charge in [0.25, 0.3) is 5.91 Å². The number of halogens is 1. The lowest BCUT2D eigenvalue weighted by Gasteiger charge is -2.03. The van der Waals surface area contributed by atoms with Gasteiger partial charge in [0.15, 0.2) is 5.82 Å². The first kappa shape index (κ1) is 17.7. The van der Waals surface area contributed by atoms with E-state index >= 15 is 0 Å². The van der Waals surface area contributed by atoms with E-state index in [9.17, 15) is 4.79 Å². The van der Waals surface area contributed by atoms with E-state index in [0.717, 1.165) is 11.1 Å². The van der Waals surface area contributed by atoms with Crippen molar-refractivity contribution >= 4 is 29.5 Å². The van der Waals surface area contributed by atoms with Crippen LogP contribution in [0.2, 0.25) is 5.02 Å². The van der Waals surface area contributed by atoms with Crippen molar-refractivity contribution in [3.63, 3.8) is 0 Å². The number of nitrogens with zero attached hydrogens (tertiary/aromatic N) is 2. The number of hydrogen-bond acceptors (Lipinski definition) is 4. The highest BCUT2D eigenvalue weighted by atomic mass is 35.5. The Kier molecular flexibility index (Phi) is 5.34. The highest BCUT2D eigenvalue weighted by molar-refractivity contribution is 6.30. The third-order valence-electron chi connectivity index (χ3n) is 3.80. The molecule has 1 heterocycles. The van der Waals surface area contributed by atoms with Gasteiger partial charge in [0.05, 0.1) is 12.8 Å². The second kappa shape index (κ2) is 7.84. The third kappa shape index (κ3) is 3.92. The number of hydrogen-bond donors (Lipinski definition) is 2. The average Bonchev–Trinajstić information content (AvgIpc) is 3.03. The van der Waals surface area contributed by atoms with Crippen molar-refractivity contribution in [2.45, 2.75) is 6.42 Å². The topological polar surface area (TPSA) is 93.4 Å². The van der Waals surface area contributed by atoms with Crippen molar-refractivity contribution in [3.05, 3.63) is 75.9 Å². The quantitative estimate of drug-likeness (QED) is 0.652. The van der Waals surface area contributed by atoms with E-state index in [2.05, 4.69) is 15.2 Å². The maximum Gasteiger partial charge on any atom is 0.254 e. The van der Waals surface area contributed by atoms with Crippen molar-refractivity contribution in [2.24, 2.45) is 10.7 Å². The molecule has 0 aliphatic carbocycles. The Hall–Kier alpha value is -3.12. The van der Waals surface area contributed by atoms with Crippen LogP contribution in [-0.2, 0) is 6.42 Å². The van der Waals surface area contributed by atoms with Crippen molar-refractivity contribution in [3.8, 4) is 5.75 Å². The van der Waals surface area contributed by atoms with Gasteiger partial charge in [-0.3, -0.25) is 9.89 Å². The van der Waals surface area contributed by atoms with Gasteiger partial charge >= 0.3 is 0 Å². The first-order valence-corrected chi connectivity index (χ1v) is 8.25. The molecule has 0 saturated heterocycles. The second-order valence-corrected chi connectivity index (χ2v) is 6.01. The molecule has 2 aromatic carbocycles. The molecule has 0 atom stereocenters. The molecular weight excluding hydrogens is 352 g/mol. The molecule has 7 heteroatoms. The second-order valence-electron chi connectivity index (χ2n) is 5.57. The summed E-state index contributed by atoms with van der Waals surface area (Å²) in [5, 5.41) is 7.60. The first-order chi connectivity index (χ1) is 12.6. The predicted molar refractivity (Wildman–Crippen MR) is 102 cm³/mol. The van der Waals surface area contributed by atoms with Gasteiger partial charge in [0.2, 0.25) is 0 Å². The van der Waals surface area contributed by atoms with Gasteiger partial charge in [-0.25, -0.2) is 4.99 Å². The van der Waals surface area contributed by atoms with Gasteiger partial charge in [-0.2, -0.15) is 5.10 Å². The van der Waals surface area contributed by atoms with Gasteiger partial charge < -0.3 is 10.5 Å². The average molecular weight is 369 g/mol. The van der Waals surface area contributed by atoms with Crippen LogP contribution >= 0.6 is 11.6 Å². The number of aromatic amines is 1. The van der Waals surface area contributed by atoms with E-state index in [1.807, 2.05) is 42.5 Å². The highest BCUT2D eigenvalue weighted by Crippen LogP contribution is 2.23. The number of primary amides is 1. The number of benzene rings is 2. The minimum atomic E-state index is -0.594. The molecule has 0 saturated carbocycles. The molecule has 0 radical (unpaired) electrons. The van der Waals surface area contributed by atoms with Crippen LogP contribution in [0, 0.1) is 0 Å². The van der Waals surface area contributed by atoms with Gasteiger partial charge in [0.1, 0.15) is 11.3 Å². The van der Waals surface area contributed by atoms with Crippen LogP contribution in [0.15, 0.2) is 53.5 Å². The minimum absolute atomic E-state index is 0.237. The van der Waals surface area contributed by atoms with Crippen LogP contribution in [-0.4, -0.2) is 29.4 Å². The Morgan fingerprint density at radius 2 is 2.12 bits per heavy atom. The summed E-state index contributed by atoms with van der Waals surface area (Å²) < 4.78 is 5.28. The number of rotatable bonds is 6. The van der Waals surface area contributed by atoms with Crippen LogP contribution in [0.3, 0.4) is 0 Å². The number of nitrogens with one attached hydrogen (secondary N) is 1. The van der Waals surface area contributed by atoms with Crippen LogP contribution in [0.4, 0.5) is 5.82 Å². The Morgan fingerprint density at radius 3 is 2.85 bits per heavy atom. The Labute approximate surface area is 155 Å². The summed E-state index contributed by atoms with van der Waals surface area (Å²) in [4.78, 5) is 16.2. The number of H-pyrrole nitrogens is 1. The summed E-state index contributed by atoms with van der Waals surface area (Å²) in [6.45, 7) is 0. The molecule has 132 valence electrons. The van der Waals surface area contributed by atoms with Gasteiger partial charge in [0, 0.05) is 23.2 Å². The fourth-order valence-electron chi connectivity index (χ4n) is 2.60. The number of amides is 1. The fraction of sp³-hybridized carbons (Fsp3) is 0.105. The highest BCUT2D eigenvalue weighted by Gasteiger charge is 2.18. The largest absolute Gasteiger partial charge is 0.496 e. The number of methoxy groups -OCH3 is 1. The lowest BCUT2D eigenvalue weighted by Crippen LogP contribution is -2.13. The fourth-order valence-corrected chi connectivity index (χ4v) is 2.82. The molecule has 0 aliphatic heterocycles. The zero-order valence-electron chi connectivity index (χ0n) is 14.1. The normalized spacial score (nSPS) is 11.0. The van der Waals surface area contributed by atoms with Crippen LogP contribution in [0.25, 0.3) is 0 Å². The third-order valence-corrected chi connectivity index (χ3v) is 4.04. The summed E-state index contributed by atoms with van der Waals surface area (Å²) in [6, 6.07) is 14.8. The van der Waals surface area contributed by atoms with Gasteiger partial charge in [-0.15, -0.1) is 0 Å². The molecule has 0 spiro atoms. The standard InChI is InChI=1S/C19H17ClN4O2/c1-26-16-8-3-2-6-13(16)11-22-19-17(18(21)25)15(23-24-19)10-12-5-4-7-14(20)9-12/h2-9,11H,10H2,1H3,(H2,21,25)(H,23,24). The number of ether oxygens (including phenoxy) is 1. The SMILES string of the molecule is COc1ccccc1C=Nc1n[nH]c(Cc2cccc(Cl)c2)c1C(N)=O. The summed E-state index contributed by atoms with van der Waals surface area (Å²) in [7, 11) is 1.58. The Bertz CT molecular complexity index is 966. The molecule has 1 amide bonds. The van der Waals surface area contributed by atoms with E-state index in [0.29, 0.717) is 22.9 Å². The van der Waals surface area contributed by atoms with Gasteiger partial charge in [-0.1, -0.05) is 35.9 Å². The molecule has 1 aromatic heterocycles. The van der Waals surface area contributed by atoms with E-state index in [-0.39, 0.29) is 11.4 Å². The van der Waals surface area contributed by atoms with E-state index in [1.165, 1.54) is 0 Å². The number of aliphatic imine (C=N–C) groups is 1. The molecule has 0 bridgehead atoms. The van der Waals surface area contributed by atoms with Crippen LogP contribution in [0.1, 0.15) is 27.2 Å². The van der Waals surface area contributed by atoms with Crippen molar-refractivity contribution < 1.29 is 9.53 Å². The molecular formula is C19H17ClN4O2. The summed E-state index contributed by atoms with van der Waals surface area (Å²) >= 11 is 6.01. The maximum atomic E-state index is 11.9. The Morgan fingerprint density at radius 1 is 1.31 bits per heavy atom. The van der Waals surface area contributed by atoms with E-state index in [4.69, 9.17) is 22.1 Å². The molecule has 26 heavy (non-hydrogen) atoms. The minimum Gasteiger partial charge on any atom is -0.496 e. The summed E-state index contributed by atoms with van der Waals surface area (Å²) in [5.74, 6) is 0.315. The molecule has 3 rings (SSSR count). The molecule has 0 unspecified atom stereocenters. The molecule has 0 fully saturated rings. The Balaban J connectivity index is 1.92. The summed E-state index contributed by atoms with van der Waals surface area (Å²) in [6.07, 6.45) is 2.03. The van der Waals surface area contributed by atoms with Crippen LogP contribution in [0.5, 0.6) is 5.75 Å². The number of para-hydroxylation sites is 1. The molecule has 0 aliphatic rings. The number of aromatic nitrogens is 2. The van der Waals surface area contributed by atoms with Crippen molar-refractivity contribution in [2.75, 3.05) is 7.11 Å². The number of carbonyl (C=O) groups is 1. The lowest BCUT2D eigenvalue weighted by atomic mass is 10.1. The molecule has 6 nitrogen and oxygen atoms in total. The maximum absolute atomic E-state index is 11.9. The van der Waals surface area contributed by atoms with E-state index in [1.54, 1.807) is 19.4 Å². The zero-order chi connectivity index (χ0) is 18.5. The summed E-state index contributed by atoms with van der Waals surface area (Å²) in [5.41, 5.74) is 8.10. The predicted octanol–water partition coefficient (Wildman–Crippen LogP) is 3.51. The zero-order valence-corrected chi connectivity index (χ0v) is 14.8. The number of carbonyl (C=O) groups excluding carboxylic acids is 1. The van der Waals surface area contributed by atoms with Crippen LogP contribution < -0.4 is 10.5 Å². The van der Waals surface area contributed by atoms with E-state index < -0.39 is 5.91 Å². The lowest BCUT2D eigenvalue weighted by molar-refractivity contribution is 0.100. The molecule has 3 aromatic rings. The smallest absolute Gasteiger partial charge is 0.254 e. The monoisotopic (exact) mass is 368 g/mol. The van der Waals surface area contributed by atoms with Gasteiger partial charge in [-0.05, 0) is 29.8 Å². The van der Waals surface area contributed by atoms with Crippen molar-refractivity contribution in [1.82, 2.24) is 10.2 Å². The number of nitrogens with two attached hydrogens (primary N) is 1.